The number of hydrogen-bond donors (Lipinski definition) is 1. The van der Waals surface area contributed by atoms with E-state index in [0.717, 1.165) is 33.3 Å². The van der Waals surface area contributed by atoms with Crippen LogP contribution in [0.2, 0.25) is 5.02 Å². The van der Waals surface area contributed by atoms with Crippen molar-refractivity contribution in [3.05, 3.63) is 94.1 Å². The second-order valence-electron chi connectivity index (χ2n) is 10.3. The molecule has 1 unspecified atom stereocenters. The number of aromatic amines is 1. The zero-order valence-corrected chi connectivity index (χ0v) is 22.9. The molecule has 3 heterocycles. The third-order valence-corrected chi connectivity index (χ3v) is 8.46. The highest BCUT2D eigenvalue weighted by Gasteiger charge is 2.56. The Kier molecular flexibility index (Phi) is 6.26. The van der Waals surface area contributed by atoms with Crippen LogP contribution in [0.5, 0.6) is 11.5 Å². The maximum atomic E-state index is 14.3. The summed E-state index contributed by atoms with van der Waals surface area (Å²) >= 11 is 6.04. The number of ether oxygens (including phenoxy) is 2. The topological polar surface area (TPSA) is 74.9 Å². The minimum absolute atomic E-state index is 0.0412. The van der Waals surface area contributed by atoms with Gasteiger partial charge in [-0.25, -0.2) is 0 Å². The molecular weight excluding hydrogens is 514 g/mol. The molecule has 0 radical (unpaired) electrons. The van der Waals surface area contributed by atoms with Crippen molar-refractivity contribution in [3.8, 4) is 11.5 Å². The lowest BCUT2D eigenvalue weighted by Crippen LogP contribution is -2.67. The Labute approximate surface area is 232 Å². The van der Waals surface area contributed by atoms with Crippen LogP contribution in [0.4, 0.5) is 0 Å². The number of H-pyrrole nitrogens is 1. The third-order valence-electron chi connectivity index (χ3n) is 8.21. The summed E-state index contributed by atoms with van der Waals surface area (Å²) in [7, 11) is 3.24. The standard InChI is InChI=1S/C31H30ClN3O4/c1-31-29-27(22-7-4-5-9-24(22)33-29)23(21-8-6-10-25(38-2)28(21)39-3)17-35(31)26(36)18-34(30(31)37)16-15-19-11-13-20(32)14-12-19/h4-14,23,33H,15-18H2,1-3H3/t23?,31-/m0/s1. The average molecular weight is 544 g/mol. The van der Waals surface area contributed by atoms with Crippen molar-refractivity contribution >= 4 is 34.3 Å². The molecular formula is C31H30ClN3O4. The Morgan fingerprint density at radius 3 is 2.51 bits per heavy atom. The number of para-hydroxylation sites is 2. The Morgan fingerprint density at radius 2 is 1.77 bits per heavy atom. The van der Waals surface area contributed by atoms with Gasteiger partial charge in [-0.15, -0.1) is 0 Å². The Morgan fingerprint density at radius 1 is 1.00 bits per heavy atom. The minimum atomic E-state index is -1.16. The zero-order chi connectivity index (χ0) is 27.3. The van der Waals surface area contributed by atoms with Crippen molar-refractivity contribution in [1.29, 1.82) is 0 Å². The van der Waals surface area contributed by atoms with Gasteiger partial charge in [-0.2, -0.15) is 0 Å². The molecule has 7 nitrogen and oxygen atoms in total. The highest BCUT2D eigenvalue weighted by molar-refractivity contribution is 6.30. The van der Waals surface area contributed by atoms with E-state index in [2.05, 4.69) is 11.1 Å². The van der Waals surface area contributed by atoms with Crippen LogP contribution in [0.25, 0.3) is 10.9 Å². The number of rotatable bonds is 6. The molecule has 1 fully saturated rings. The number of halogens is 1. The summed E-state index contributed by atoms with van der Waals surface area (Å²) < 4.78 is 11.4. The fourth-order valence-corrected chi connectivity index (χ4v) is 6.36. The highest BCUT2D eigenvalue weighted by Crippen LogP contribution is 2.50. The molecule has 0 saturated carbocycles. The summed E-state index contributed by atoms with van der Waals surface area (Å²) in [5, 5.41) is 1.70. The number of carbonyl (C=O) groups is 2. The molecule has 2 aliphatic heterocycles. The normalized spacial score (nSPS) is 20.7. The predicted octanol–water partition coefficient (Wildman–Crippen LogP) is 5.11. The summed E-state index contributed by atoms with van der Waals surface area (Å²) in [5.74, 6) is 0.875. The number of hydrogen-bond acceptors (Lipinski definition) is 4. The predicted molar refractivity (Wildman–Crippen MR) is 150 cm³/mol. The van der Waals surface area contributed by atoms with Crippen molar-refractivity contribution < 1.29 is 19.1 Å². The fourth-order valence-electron chi connectivity index (χ4n) is 6.24. The molecule has 6 rings (SSSR count). The zero-order valence-electron chi connectivity index (χ0n) is 22.2. The van der Waals surface area contributed by atoms with Gasteiger partial charge in [-0.3, -0.25) is 9.59 Å². The molecule has 0 bridgehead atoms. The van der Waals surface area contributed by atoms with Crippen LogP contribution < -0.4 is 9.47 Å². The third kappa shape index (κ3) is 3.95. The highest BCUT2D eigenvalue weighted by atomic mass is 35.5. The SMILES string of the molecule is COc1cccc(C2CN3C(=O)CN(CCc4ccc(Cl)cc4)C(=O)[C@]3(C)c3[nH]c4ccccc4c32)c1OC. The van der Waals surface area contributed by atoms with Gasteiger partial charge in [0.2, 0.25) is 5.91 Å². The van der Waals surface area contributed by atoms with E-state index in [-0.39, 0.29) is 24.3 Å². The fraction of sp³-hybridized carbons (Fsp3) is 0.290. The van der Waals surface area contributed by atoms with E-state index in [4.69, 9.17) is 21.1 Å². The lowest BCUT2D eigenvalue weighted by molar-refractivity contribution is -0.166. The molecule has 1 aromatic heterocycles. The molecule has 3 aromatic carbocycles. The summed E-state index contributed by atoms with van der Waals surface area (Å²) in [6, 6.07) is 21.4. The van der Waals surface area contributed by atoms with Crippen molar-refractivity contribution in [2.24, 2.45) is 0 Å². The van der Waals surface area contributed by atoms with E-state index >= 15 is 0 Å². The Balaban J connectivity index is 1.46. The van der Waals surface area contributed by atoms with Crippen molar-refractivity contribution in [2.75, 3.05) is 33.9 Å². The molecule has 8 heteroatoms. The molecule has 2 aliphatic rings. The number of amides is 2. The Hall–Kier alpha value is -3.97. The molecule has 0 spiro atoms. The van der Waals surface area contributed by atoms with Gasteiger partial charge in [-0.05, 0) is 48.7 Å². The number of piperazine rings is 1. The van der Waals surface area contributed by atoms with Crippen molar-refractivity contribution in [2.45, 2.75) is 24.8 Å². The number of carbonyl (C=O) groups excluding carboxylic acids is 2. The molecule has 2 amide bonds. The van der Waals surface area contributed by atoms with Crippen molar-refractivity contribution in [3.63, 3.8) is 0 Å². The van der Waals surface area contributed by atoms with Crippen LogP contribution in [0.1, 0.15) is 35.2 Å². The number of nitrogens with zero attached hydrogens (tertiary/aromatic N) is 2. The molecule has 2 atom stereocenters. The van der Waals surface area contributed by atoms with E-state index in [1.54, 1.807) is 24.0 Å². The molecule has 4 aromatic rings. The molecule has 0 aliphatic carbocycles. The van der Waals surface area contributed by atoms with Crippen LogP contribution in [0.15, 0.2) is 66.7 Å². The quantitative estimate of drug-likeness (QED) is 0.366. The van der Waals surface area contributed by atoms with Crippen LogP contribution in [0.3, 0.4) is 0 Å². The van der Waals surface area contributed by atoms with Crippen molar-refractivity contribution in [1.82, 2.24) is 14.8 Å². The van der Waals surface area contributed by atoms with Gasteiger partial charge in [0.05, 0.1) is 26.5 Å². The summed E-state index contributed by atoms with van der Waals surface area (Å²) in [5.41, 5.74) is 3.50. The van der Waals surface area contributed by atoms with Gasteiger partial charge in [0.15, 0.2) is 17.0 Å². The number of benzene rings is 3. The first-order valence-electron chi connectivity index (χ1n) is 13.0. The van der Waals surface area contributed by atoms with Crippen LogP contribution in [0, 0.1) is 0 Å². The second kappa shape index (κ2) is 9.65. The van der Waals surface area contributed by atoms with E-state index in [1.165, 1.54) is 0 Å². The van der Waals surface area contributed by atoms with Gasteiger partial charge in [-0.1, -0.05) is 54.1 Å². The van der Waals surface area contributed by atoms with Gasteiger partial charge in [0.1, 0.15) is 0 Å². The van der Waals surface area contributed by atoms with E-state index < -0.39 is 5.54 Å². The lowest BCUT2D eigenvalue weighted by atomic mass is 9.76. The van der Waals surface area contributed by atoms with E-state index in [1.807, 2.05) is 67.6 Å². The van der Waals surface area contributed by atoms with Crippen LogP contribution >= 0.6 is 11.6 Å². The summed E-state index contributed by atoms with van der Waals surface area (Å²) in [6.07, 6.45) is 0.634. The first-order valence-corrected chi connectivity index (χ1v) is 13.4. The van der Waals surface area contributed by atoms with E-state index in [9.17, 15) is 9.59 Å². The number of fused-ring (bicyclic) bond motifs is 5. The molecule has 1 saturated heterocycles. The second-order valence-corrected chi connectivity index (χ2v) is 10.7. The number of nitrogens with one attached hydrogen (secondary N) is 1. The minimum Gasteiger partial charge on any atom is -0.493 e. The molecule has 1 N–H and O–H groups in total. The maximum Gasteiger partial charge on any atom is 0.254 e. The first kappa shape index (κ1) is 25.3. The maximum absolute atomic E-state index is 14.3. The lowest BCUT2D eigenvalue weighted by Gasteiger charge is -2.51. The van der Waals surface area contributed by atoms with Gasteiger partial charge in [0, 0.05) is 40.5 Å². The van der Waals surface area contributed by atoms with Crippen LogP contribution in [-0.2, 0) is 21.5 Å². The smallest absolute Gasteiger partial charge is 0.254 e. The van der Waals surface area contributed by atoms with Crippen LogP contribution in [-0.4, -0.2) is 60.5 Å². The summed E-state index contributed by atoms with van der Waals surface area (Å²) in [6.45, 7) is 2.71. The number of aromatic nitrogens is 1. The monoisotopic (exact) mass is 543 g/mol. The molecule has 39 heavy (non-hydrogen) atoms. The Bertz CT molecular complexity index is 1580. The largest absolute Gasteiger partial charge is 0.493 e. The summed E-state index contributed by atoms with van der Waals surface area (Å²) in [4.78, 5) is 35.0. The first-order chi connectivity index (χ1) is 18.9. The van der Waals surface area contributed by atoms with Gasteiger partial charge >= 0.3 is 0 Å². The van der Waals surface area contributed by atoms with E-state index in [0.29, 0.717) is 36.0 Å². The average Bonchev–Trinajstić information content (AvgIpc) is 3.35. The molecule has 200 valence electrons. The number of methoxy groups -OCH3 is 2. The van der Waals surface area contributed by atoms with Gasteiger partial charge in [0.25, 0.3) is 5.91 Å². The van der Waals surface area contributed by atoms with Gasteiger partial charge < -0.3 is 24.3 Å².